The first-order chi connectivity index (χ1) is 10.0. The lowest BCUT2D eigenvalue weighted by Crippen LogP contribution is -2.36. The molecule has 0 radical (unpaired) electrons. The van der Waals surface area contributed by atoms with Crippen molar-refractivity contribution in [3.63, 3.8) is 0 Å². The Balaban J connectivity index is 1.82. The third-order valence-electron chi connectivity index (χ3n) is 3.79. The van der Waals surface area contributed by atoms with Crippen molar-refractivity contribution in [3.8, 4) is 5.75 Å². The van der Waals surface area contributed by atoms with Gasteiger partial charge in [-0.1, -0.05) is 25.1 Å². The zero-order valence-electron chi connectivity index (χ0n) is 12.3. The van der Waals surface area contributed by atoms with Crippen molar-refractivity contribution in [1.29, 1.82) is 0 Å². The number of amides is 1. The molecule has 1 saturated carbocycles. The number of rotatable bonds is 7. The van der Waals surface area contributed by atoms with Gasteiger partial charge in [-0.25, -0.2) is 0 Å². The fourth-order valence-electron chi connectivity index (χ4n) is 2.24. The quantitative estimate of drug-likeness (QED) is 0.805. The SMILES string of the molecule is CCC(CNC(=O)C1CC1C(=O)O)Oc1ccccc1C. The summed E-state index contributed by atoms with van der Waals surface area (Å²) in [5, 5.41) is 11.6. The second-order valence-electron chi connectivity index (χ2n) is 5.45. The zero-order chi connectivity index (χ0) is 15.4. The van der Waals surface area contributed by atoms with Gasteiger partial charge in [0.2, 0.25) is 5.91 Å². The van der Waals surface area contributed by atoms with E-state index in [1.165, 1.54) is 0 Å². The molecule has 1 aromatic carbocycles. The smallest absolute Gasteiger partial charge is 0.307 e. The molecule has 114 valence electrons. The van der Waals surface area contributed by atoms with Crippen molar-refractivity contribution < 1.29 is 19.4 Å². The number of nitrogens with one attached hydrogen (secondary N) is 1. The first kappa shape index (κ1) is 15.4. The van der Waals surface area contributed by atoms with Crippen molar-refractivity contribution in [1.82, 2.24) is 5.32 Å². The first-order valence-corrected chi connectivity index (χ1v) is 7.25. The van der Waals surface area contributed by atoms with Crippen LogP contribution in [0.3, 0.4) is 0 Å². The Labute approximate surface area is 124 Å². The number of aliphatic carboxylic acids is 1. The van der Waals surface area contributed by atoms with Crippen LogP contribution in [0.25, 0.3) is 0 Å². The molecule has 0 heterocycles. The van der Waals surface area contributed by atoms with Crippen LogP contribution in [0.2, 0.25) is 0 Å². The highest BCUT2D eigenvalue weighted by atomic mass is 16.5. The van der Waals surface area contributed by atoms with Crippen molar-refractivity contribution >= 4 is 11.9 Å². The lowest BCUT2D eigenvalue weighted by Gasteiger charge is -2.19. The average molecular weight is 291 g/mol. The fourth-order valence-corrected chi connectivity index (χ4v) is 2.24. The monoisotopic (exact) mass is 291 g/mol. The third-order valence-corrected chi connectivity index (χ3v) is 3.79. The maximum absolute atomic E-state index is 11.8. The molecule has 0 bridgehead atoms. The number of carboxylic acids is 1. The number of hydrogen-bond donors (Lipinski definition) is 2. The maximum Gasteiger partial charge on any atom is 0.307 e. The highest BCUT2D eigenvalue weighted by molar-refractivity contribution is 5.89. The lowest BCUT2D eigenvalue weighted by atomic mass is 10.2. The number of para-hydroxylation sites is 1. The van der Waals surface area contributed by atoms with Crippen LogP contribution >= 0.6 is 0 Å². The van der Waals surface area contributed by atoms with Crippen LogP contribution in [0.5, 0.6) is 5.75 Å². The molecular formula is C16H21NO4. The topological polar surface area (TPSA) is 75.6 Å². The fraction of sp³-hybridized carbons (Fsp3) is 0.500. The molecule has 0 spiro atoms. The van der Waals surface area contributed by atoms with E-state index < -0.39 is 11.9 Å². The van der Waals surface area contributed by atoms with Crippen molar-refractivity contribution in [3.05, 3.63) is 29.8 Å². The van der Waals surface area contributed by atoms with E-state index in [0.29, 0.717) is 13.0 Å². The molecule has 5 nitrogen and oxygen atoms in total. The molecule has 2 rings (SSSR count). The highest BCUT2D eigenvalue weighted by Gasteiger charge is 2.48. The average Bonchev–Trinajstić information content (AvgIpc) is 3.25. The minimum absolute atomic E-state index is 0.114. The van der Waals surface area contributed by atoms with E-state index in [-0.39, 0.29) is 17.9 Å². The van der Waals surface area contributed by atoms with Gasteiger partial charge in [-0.05, 0) is 31.4 Å². The number of carbonyl (C=O) groups excluding carboxylic acids is 1. The first-order valence-electron chi connectivity index (χ1n) is 7.25. The van der Waals surface area contributed by atoms with E-state index >= 15 is 0 Å². The molecule has 5 heteroatoms. The Kier molecular flexibility index (Phi) is 4.83. The summed E-state index contributed by atoms with van der Waals surface area (Å²) in [4.78, 5) is 22.6. The van der Waals surface area contributed by atoms with Crippen LogP contribution in [-0.2, 0) is 9.59 Å². The number of benzene rings is 1. The molecule has 21 heavy (non-hydrogen) atoms. The summed E-state index contributed by atoms with van der Waals surface area (Å²) >= 11 is 0. The van der Waals surface area contributed by atoms with Crippen molar-refractivity contribution in [2.75, 3.05) is 6.54 Å². The Morgan fingerprint density at radius 3 is 2.67 bits per heavy atom. The molecule has 3 atom stereocenters. The molecule has 1 aliphatic rings. The minimum atomic E-state index is -0.890. The van der Waals surface area contributed by atoms with Crippen LogP contribution in [0.1, 0.15) is 25.3 Å². The van der Waals surface area contributed by atoms with Crippen LogP contribution < -0.4 is 10.1 Å². The van der Waals surface area contributed by atoms with E-state index in [9.17, 15) is 9.59 Å². The van der Waals surface area contributed by atoms with Gasteiger partial charge in [0.25, 0.3) is 0 Å². The second-order valence-corrected chi connectivity index (χ2v) is 5.45. The number of aryl methyl sites for hydroxylation is 1. The van der Waals surface area contributed by atoms with Crippen LogP contribution in [-0.4, -0.2) is 29.6 Å². The molecule has 3 unspecified atom stereocenters. The zero-order valence-corrected chi connectivity index (χ0v) is 12.3. The molecule has 0 saturated heterocycles. The molecule has 2 N–H and O–H groups in total. The van der Waals surface area contributed by atoms with Crippen LogP contribution in [0, 0.1) is 18.8 Å². The molecule has 1 amide bonds. The van der Waals surface area contributed by atoms with E-state index in [1.54, 1.807) is 0 Å². The van der Waals surface area contributed by atoms with Gasteiger partial charge in [0.1, 0.15) is 11.9 Å². The van der Waals surface area contributed by atoms with Gasteiger partial charge >= 0.3 is 5.97 Å². The summed E-state index contributed by atoms with van der Waals surface area (Å²) in [5.74, 6) is -1.15. The van der Waals surface area contributed by atoms with Crippen LogP contribution in [0.15, 0.2) is 24.3 Å². The Morgan fingerprint density at radius 1 is 1.38 bits per heavy atom. The van der Waals surface area contributed by atoms with Gasteiger partial charge in [-0.2, -0.15) is 0 Å². The minimum Gasteiger partial charge on any atom is -0.488 e. The van der Waals surface area contributed by atoms with Gasteiger partial charge in [0.15, 0.2) is 0 Å². The molecule has 1 fully saturated rings. The molecule has 0 aliphatic heterocycles. The Bertz CT molecular complexity index is 529. The number of carbonyl (C=O) groups is 2. The number of hydrogen-bond acceptors (Lipinski definition) is 3. The van der Waals surface area contributed by atoms with Gasteiger partial charge in [0.05, 0.1) is 18.4 Å². The second kappa shape index (κ2) is 6.61. The van der Waals surface area contributed by atoms with Gasteiger partial charge in [-0.3, -0.25) is 9.59 Å². The summed E-state index contributed by atoms with van der Waals surface area (Å²) in [7, 11) is 0. The van der Waals surface area contributed by atoms with Gasteiger partial charge in [0, 0.05) is 0 Å². The van der Waals surface area contributed by atoms with Gasteiger partial charge in [-0.15, -0.1) is 0 Å². The molecule has 0 aromatic heterocycles. The summed E-state index contributed by atoms with van der Waals surface area (Å²) in [6.07, 6.45) is 1.09. The van der Waals surface area contributed by atoms with Gasteiger partial charge < -0.3 is 15.2 Å². The number of ether oxygens (including phenoxy) is 1. The summed E-state index contributed by atoms with van der Waals surface area (Å²) < 4.78 is 5.89. The summed E-state index contributed by atoms with van der Waals surface area (Å²) in [6.45, 7) is 4.36. The molecule has 1 aromatic rings. The predicted octanol–water partition coefficient (Wildman–Crippen LogP) is 1.99. The normalized spacial score (nSPS) is 21.4. The van der Waals surface area contributed by atoms with Crippen molar-refractivity contribution in [2.45, 2.75) is 32.8 Å². The summed E-state index contributed by atoms with van der Waals surface area (Å²) in [5.41, 5.74) is 1.05. The van der Waals surface area contributed by atoms with E-state index in [2.05, 4.69) is 5.32 Å². The van der Waals surface area contributed by atoms with Crippen LogP contribution in [0.4, 0.5) is 0 Å². The predicted molar refractivity (Wildman–Crippen MR) is 78.1 cm³/mol. The molecule has 1 aliphatic carbocycles. The number of carboxylic acid groups (broad SMARTS) is 1. The lowest BCUT2D eigenvalue weighted by molar-refractivity contribution is -0.140. The highest BCUT2D eigenvalue weighted by Crippen LogP contribution is 2.38. The van der Waals surface area contributed by atoms with E-state index in [4.69, 9.17) is 9.84 Å². The maximum atomic E-state index is 11.8. The van der Waals surface area contributed by atoms with Crippen molar-refractivity contribution in [2.24, 2.45) is 11.8 Å². The van der Waals surface area contributed by atoms with E-state index in [0.717, 1.165) is 17.7 Å². The third kappa shape index (κ3) is 3.97. The molecular weight excluding hydrogens is 270 g/mol. The largest absolute Gasteiger partial charge is 0.488 e. The Hall–Kier alpha value is -2.04. The standard InChI is InChI=1S/C16H21NO4/c1-3-11(21-14-7-5-4-6-10(14)2)9-17-15(18)12-8-13(12)16(19)20/h4-7,11-13H,3,8-9H2,1-2H3,(H,17,18)(H,19,20). The summed E-state index contributed by atoms with van der Waals surface area (Å²) in [6, 6.07) is 7.74. The Morgan fingerprint density at radius 2 is 2.10 bits per heavy atom. The van der Waals surface area contributed by atoms with E-state index in [1.807, 2.05) is 38.1 Å².